The van der Waals surface area contributed by atoms with Crippen LogP contribution in [0.3, 0.4) is 0 Å². The van der Waals surface area contributed by atoms with Crippen molar-refractivity contribution in [3.8, 4) is 0 Å². The largest absolute Gasteiger partial charge is 0.100 e. The number of allylic oxidation sites excluding steroid dienone is 1. The maximum Gasteiger partial charge on any atom is -0.0264 e. The lowest BCUT2D eigenvalue weighted by Gasteiger charge is -2.63. The smallest absolute Gasteiger partial charge is 0.0264 e. The Kier molecular flexibility index (Phi) is 5.83. The van der Waals surface area contributed by atoms with Gasteiger partial charge in [-0.3, -0.25) is 0 Å². The molecule has 9 atom stereocenters. The van der Waals surface area contributed by atoms with Gasteiger partial charge in [-0.05, 0) is 117 Å². The van der Waals surface area contributed by atoms with Crippen LogP contribution in [0.2, 0.25) is 0 Å². The van der Waals surface area contributed by atoms with Gasteiger partial charge in [0.05, 0.1) is 0 Å². The quantitative estimate of drug-likeness (QED) is 0.416. The SMILES string of the molecule is C=C(C)CCC(C)C1CCC2C3C(CC)CC4CCCCC4(C)C3CCC12C. The van der Waals surface area contributed by atoms with E-state index in [1.165, 1.54) is 63.4 Å². The third kappa shape index (κ3) is 3.24. The van der Waals surface area contributed by atoms with E-state index in [0.717, 1.165) is 41.4 Å². The molecule has 4 fully saturated rings. The fraction of sp³-hybridized carbons (Fsp3) is 0.929. The Hall–Kier alpha value is -0.260. The minimum absolute atomic E-state index is 0.626. The van der Waals surface area contributed by atoms with Gasteiger partial charge in [0.25, 0.3) is 0 Å². The molecule has 160 valence electrons. The summed E-state index contributed by atoms with van der Waals surface area (Å²) < 4.78 is 0. The van der Waals surface area contributed by atoms with Crippen molar-refractivity contribution < 1.29 is 0 Å². The lowest BCUT2D eigenvalue weighted by Crippen LogP contribution is -2.56. The highest BCUT2D eigenvalue weighted by atomic mass is 14.7. The highest BCUT2D eigenvalue weighted by molar-refractivity contribution is 5.11. The van der Waals surface area contributed by atoms with E-state index in [0.29, 0.717) is 10.8 Å². The topological polar surface area (TPSA) is 0 Å². The van der Waals surface area contributed by atoms with Crippen LogP contribution < -0.4 is 0 Å². The van der Waals surface area contributed by atoms with Crippen LogP contribution in [0.1, 0.15) is 112 Å². The molecule has 0 saturated heterocycles. The summed E-state index contributed by atoms with van der Waals surface area (Å²) in [6.07, 6.45) is 17.8. The summed E-state index contributed by atoms with van der Waals surface area (Å²) in [5.74, 6) is 7.02. The molecular weight excluding hydrogens is 336 g/mol. The second-order valence-corrected chi connectivity index (χ2v) is 12.3. The van der Waals surface area contributed by atoms with Crippen molar-refractivity contribution in [3.63, 3.8) is 0 Å². The normalized spacial score (nSPS) is 49.0. The second kappa shape index (κ2) is 7.77. The molecule has 0 aromatic carbocycles. The maximum absolute atomic E-state index is 4.17. The highest BCUT2D eigenvalue weighted by Crippen LogP contribution is 2.69. The molecule has 0 aromatic rings. The van der Waals surface area contributed by atoms with Crippen molar-refractivity contribution in [2.45, 2.75) is 112 Å². The molecule has 0 heteroatoms. The van der Waals surface area contributed by atoms with E-state index in [1.807, 2.05) is 0 Å². The molecular formula is C28H48. The fourth-order valence-electron chi connectivity index (χ4n) is 9.54. The fourth-order valence-corrected chi connectivity index (χ4v) is 9.54. The summed E-state index contributed by atoms with van der Waals surface area (Å²) in [5, 5.41) is 0. The zero-order valence-corrected chi connectivity index (χ0v) is 19.7. The van der Waals surface area contributed by atoms with E-state index in [2.05, 4.69) is 41.2 Å². The summed E-state index contributed by atoms with van der Waals surface area (Å²) in [7, 11) is 0. The molecule has 0 aromatic heterocycles. The first-order valence-electron chi connectivity index (χ1n) is 13.0. The molecule has 9 unspecified atom stereocenters. The van der Waals surface area contributed by atoms with Crippen molar-refractivity contribution in [1.29, 1.82) is 0 Å². The third-order valence-electron chi connectivity index (χ3n) is 11.1. The first-order chi connectivity index (χ1) is 13.3. The third-order valence-corrected chi connectivity index (χ3v) is 11.1. The Morgan fingerprint density at radius 3 is 2.46 bits per heavy atom. The predicted octanol–water partition coefficient (Wildman–Crippen LogP) is 8.66. The lowest BCUT2D eigenvalue weighted by atomic mass is 9.42. The van der Waals surface area contributed by atoms with Crippen molar-refractivity contribution in [2.75, 3.05) is 0 Å². The molecule has 4 aliphatic rings. The zero-order chi connectivity index (χ0) is 20.1. The Bertz CT molecular complexity index is 575. The van der Waals surface area contributed by atoms with Crippen molar-refractivity contribution >= 4 is 0 Å². The van der Waals surface area contributed by atoms with Crippen molar-refractivity contribution in [2.24, 2.45) is 52.3 Å². The van der Waals surface area contributed by atoms with Gasteiger partial charge in [-0.15, -0.1) is 6.58 Å². The van der Waals surface area contributed by atoms with Crippen molar-refractivity contribution in [3.05, 3.63) is 12.2 Å². The first-order valence-corrected chi connectivity index (χ1v) is 13.0. The van der Waals surface area contributed by atoms with Crippen LogP contribution in [0.5, 0.6) is 0 Å². The van der Waals surface area contributed by atoms with Crippen LogP contribution in [0.15, 0.2) is 12.2 Å². The first kappa shape index (κ1) is 21.0. The minimum atomic E-state index is 0.626. The van der Waals surface area contributed by atoms with Crippen LogP contribution in [0, 0.1) is 52.3 Å². The summed E-state index contributed by atoms with van der Waals surface area (Å²) in [4.78, 5) is 0. The molecule has 0 heterocycles. The van der Waals surface area contributed by atoms with Gasteiger partial charge in [-0.25, -0.2) is 0 Å². The van der Waals surface area contributed by atoms with E-state index in [9.17, 15) is 0 Å². The van der Waals surface area contributed by atoms with Crippen molar-refractivity contribution in [1.82, 2.24) is 0 Å². The van der Waals surface area contributed by atoms with Gasteiger partial charge in [0.1, 0.15) is 0 Å². The van der Waals surface area contributed by atoms with Crippen LogP contribution in [0.4, 0.5) is 0 Å². The minimum Gasteiger partial charge on any atom is -0.100 e. The summed E-state index contributed by atoms with van der Waals surface area (Å²) >= 11 is 0. The average molecular weight is 385 g/mol. The molecule has 0 radical (unpaired) electrons. The number of rotatable bonds is 5. The highest BCUT2D eigenvalue weighted by Gasteiger charge is 2.62. The number of fused-ring (bicyclic) bond motifs is 5. The zero-order valence-electron chi connectivity index (χ0n) is 19.7. The maximum atomic E-state index is 4.17. The standard InChI is InChI=1S/C28H48/c1-7-21-18-22-10-8-9-16-27(22,5)25-15-17-28(6)23(13-14-24(28)26(21)25)20(4)12-11-19(2)3/h20-26H,2,7-18H2,1,3-6H3. The van der Waals surface area contributed by atoms with Gasteiger partial charge in [0.2, 0.25) is 0 Å². The van der Waals surface area contributed by atoms with Gasteiger partial charge in [-0.1, -0.05) is 52.5 Å². The summed E-state index contributed by atoms with van der Waals surface area (Å²) in [6, 6.07) is 0. The second-order valence-electron chi connectivity index (χ2n) is 12.3. The van der Waals surface area contributed by atoms with E-state index in [1.54, 1.807) is 19.3 Å². The predicted molar refractivity (Wildman–Crippen MR) is 122 cm³/mol. The van der Waals surface area contributed by atoms with Gasteiger partial charge in [0, 0.05) is 0 Å². The Balaban J connectivity index is 1.58. The van der Waals surface area contributed by atoms with Gasteiger partial charge >= 0.3 is 0 Å². The van der Waals surface area contributed by atoms with E-state index in [-0.39, 0.29) is 0 Å². The van der Waals surface area contributed by atoms with E-state index < -0.39 is 0 Å². The van der Waals surface area contributed by atoms with Crippen LogP contribution >= 0.6 is 0 Å². The van der Waals surface area contributed by atoms with Crippen LogP contribution in [-0.2, 0) is 0 Å². The summed E-state index contributed by atoms with van der Waals surface area (Å²) in [5.41, 5.74) is 2.69. The Morgan fingerprint density at radius 1 is 1.00 bits per heavy atom. The molecule has 0 amide bonds. The van der Waals surface area contributed by atoms with Gasteiger partial charge in [0.15, 0.2) is 0 Å². The molecule has 4 rings (SSSR count). The Morgan fingerprint density at radius 2 is 1.75 bits per heavy atom. The van der Waals surface area contributed by atoms with Crippen LogP contribution in [-0.4, -0.2) is 0 Å². The molecule has 0 spiro atoms. The number of hydrogen-bond donors (Lipinski definition) is 0. The molecule has 0 aliphatic heterocycles. The summed E-state index contributed by atoms with van der Waals surface area (Å²) in [6.45, 7) is 17.0. The molecule has 0 nitrogen and oxygen atoms in total. The lowest BCUT2D eigenvalue weighted by molar-refractivity contribution is -0.141. The molecule has 28 heavy (non-hydrogen) atoms. The number of hydrogen-bond acceptors (Lipinski definition) is 0. The van der Waals surface area contributed by atoms with E-state index in [4.69, 9.17) is 0 Å². The molecule has 4 aliphatic carbocycles. The monoisotopic (exact) mass is 384 g/mol. The van der Waals surface area contributed by atoms with Crippen LogP contribution in [0.25, 0.3) is 0 Å². The van der Waals surface area contributed by atoms with E-state index >= 15 is 0 Å². The van der Waals surface area contributed by atoms with Gasteiger partial charge in [-0.2, -0.15) is 0 Å². The molecule has 4 saturated carbocycles. The van der Waals surface area contributed by atoms with Gasteiger partial charge < -0.3 is 0 Å². The molecule has 0 N–H and O–H groups in total. The molecule has 0 bridgehead atoms. The average Bonchev–Trinajstić information content (AvgIpc) is 3.02. The Labute approximate surface area is 176 Å².